The van der Waals surface area contributed by atoms with Gasteiger partial charge in [0, 0.05) is 10.7 Å². The van der Waals surface area contributed by atoms with Gasteiger partial charge in [0.25, 0.3) is 0 Å². The van der Waals surface area contributed by atoms with Crippen LogP contribution in [-0.4, -0.2) is 16.8 Å². The van der Waals surface area contributed by atoms with Crippen molar-refractivity contribution in [3.63, 3.8) is 0 Å². The number of anilines is 1. The molecule has 0 unspecified atom stereocenters. The molecular weight excluding hydrogens is 260 g/mol. The molecule has 0 aliphatic heterocycles. The van der Waals surface area contributed by atoms with Gasteiger partial charge in [0.1, 0.15) is 0 Å². The molecule has 17 heavy (non-hydrogen) atoms. The second-order valence-electron chi connectivity index (χ2n) is 3.22. The lowest BCUT2D eigenvalue weighted by atomic mass is 10.2. The van der Waals surface area contributed by atoms with Crippen molar-refractivity contribution >= 4 is 40.1 Å². The molecule has 0 fully saturated rings. The number of halogens is 1. The molecule has 0 saturated carbocycles. The number of amides is 1. The number of hydrazone groups is 1. The number of rotatable bonds is 3. The summed E-state index contributed by atoms with van der Waals surface area (Å²) in [7, 11) is 0. The van der Waals surface area contributed by atoms with E-state index in [0.29, 0.717) is 10.7 Å². The van der Waals surface area contributed by atoms with Gasteiger partial charge in [-0.1, -0.05) is 29.4 Å². The van der Waals surface area contributed by atoms with Crippen molar-refractivity contribution in [2.24, 2.45) is 16.7 Å². The molecule has 0 bridgehead atoms. The summed E-state index contributed by atoms with van der Waals surface area (Å²) in [4.78, 5) is 11.6. The van der Waals surface area contributed by atoms with Crippen molar-refractivity contribution in [1.82, 2.24) is 0 Å². The number of benzene rings is 1. The maximum absolute atomic E-state index is 11.6. The van der Waals surface area contributed by atoms with Crippen LogP contribution in [0.25, 0.3) is 0 Å². The van der Waals surface area contributed by atoms with Crippen molar-refractivity contribution in [2.45, 2.75) is 6.92 Å². The van der Waals surface area contributed by atoms with Gasteiger partial charge < -0.3 is 16.9 Å². The first-order valence-electron chi connectivity index (χ1n) is 4.75. The molecule has 0 saturated heterocycles. The van der Waals surface area contributed by atoms with Gasteiger partial charge >= 0.3 is 0 Å². The minimum Gasteiger partial charge on any atom is -0.377 e. The van der Waals surface area contributed by atoms with Gasteiger partial charge in [-0.3, -0.25) is 4.79 Å². The first-order chi connectivity index (χ1) is 8.04. The van der Waals surface area contributed by atoms with Crippen molar-refractivity contribution < 1.29 is 4.79 Å². The number of carbonyl (C=O) groups excluding carboxylic acids is 1. The molecule has 1 aromatic carbocycles. The number of amidine groups is 1. The van der Waals surface area contributed by atoms with Gasteiger partial charge in [0.05, 0.1) is 5.75 Å². The number of nitrogens with zero attached hydrogens (tertiary/aromatic N) is 1. The van der Waals surface area contributed by atoms with Gasteiger partial charge in [-0.25, -0.2) is 0 Å². The van der Waals surface area contributed by atoms with E-state index in [2.05, 4.69) is 10.4 Å². The van der Waals surface area contributed by atoms with Crippen LogP contribution < -0.4 is 16.9 Å². The Hall–Kier alpha value is -1.40. The monoisotopic (exact) mass is 272 g/mol. The van der Waals surface area contributed by atoms with Gasteiger partial charge in [-0.2, -0.15) is 5.10 Å². The maximum Gasteiger partial charge on any atom is 0.234 e. The summed E-state index contributed by atoms with van der Waals surface area (Å²) < 4.78 is 0. The molecule has 0 atom stereocenters. The van der Waals surface area contributed by atoms with Gasteiger partial charge in [-0.05, 0) is 24.6 Å². The average Bonchev–Trinajstić information content (AvgIpc) is 2.32. The topological polar surface area (TPSA) is 93.5 Å². The molecule has 0 radical (unpaired) electrons. The Bertz CT molecular complexity index is 450. The van der Waals surface area contributed by atoms with Crippen molar-refractivity contribution in [3.05, 3.63) is 28.8 Å². The van der Waals surface area contributed by atoms with E-state index in [1.54, 1.807) is 18.2 Å². The fraction of sp³-hybridized carbons (Fsp3) is 0.200. The highest BCUT2D eigenvalue weighted by Gasteiger charge is 2.07. The zero-order valence-corrected chi connectivity index (χ0v) is 10.8. The van der Waals surface area contributed by atoms with E-state index < -0.39 is 0 Å². The first-order valence-corrected chi connectivity index (χ1v) is 6.12. The van der Waals surface area contributed by atoms with E-state index in [-0.39, 0.29) is 16.8 Å². The number of nitrogens with two attached hydrogens (primary N) is 2. The Labute approximate surface area is 109 Å². The quantitative estimate of drug-likeness (QED) is 0.336. The van der Waals surface area contributed by atoms with E-state index in [1.807, 2.05) is 6.92 Å². The van der Waals surface area contributed by atoms with Gasteiger partial charge in [0.2, 0.25) is 5.91 Å². The third kappa shape index (κ3) is 4.16. The number of carbonyl (C=O) groups is 1. The smallest absolute Gasteiger partial charge is 0.234 e. The molecule has 1 aromatic rings. The van der Waals surface area contributed by atoms with Crippen LogP contribution in [0, 0.1) is 6.92 Å². The predicted molar refractivity (Wildman–Crippen MR) is 73.1 cm³/mol. The summed E-state index contributed by atoms with van der Waals surface area (Å²) >= 11 is 7.01. The Balaban J connectivity index is 2.60. The van der Waals surface area contributed by atoms with E-state index in [9.17, 15) is 4.79 Å². The van der Waals surface area contributed by atoms with Crippen LogP contribution in [0.2, 0.25) is 5.02 Å². The van der Waals surface area contributed by atoms with E-state index >= 15 is 0 Å². The summed E-state index contributed by atoms with van der Waals surface area (Å²) in [6.07, 6.45) is 0. The fourth-order valence-electron chi connectivity index (χ4n) is 1.11. The minimum atomic E-state index is -0.188. The molecule has 0 spiro atoms. The minimum absolute atomic E-state index is 0.151. The van der Waals surface area contributed by atoms with Crippen LogP contribution in [0.5, 0.6) is 0 Å². The van der Waals surface area contributed by atoms with E-state index in [0.717, 1.165) is 17.3 Å². The number of hydrogen-bond donors (Lipinski definition) is 3. The Morgan fingerprint density at radius 2 is 2.29 bits per heavy atom. The van der Waals surface area contributed by atoms with Gasteiger partial charge in [-0.15, -0.1) is 0 Å². The second-order valence-corrected chi connectivity index (χ2v) is 4.62. The van der Waals surface area contributed by atoms with Crippen molar-refractivity contribution in [2.75, 3.05) is 11.1 Å². The maximum atomic E-state index is 11.6. The summed E-state index contributed by atoms with van der Waals surface area (Å²) in [6, 6.07) is 5.32. The third-order valence-corrected chi connectivity index (χ3v) is 3.24. The molecular formula is C10H13ClN4OS. The molecule has 0 aromatic heterocycles. The highest BCUT2D eigenvalue weighted by molar-refractivity contribution is 8.14. The fourth-order valence-corrected chi connectivity index (χ4v) is 1.71. The molecule has 5 N–H and O–H groups in total. The molecule has 5 nitrogen and oxygen atoms in total. The zero-order chi connectivity index (χ0) is 12.8. The lowest BCUT2D eigenvalue weighted by molar-refractivity contribution is -0.113. The van der Waals surface area contributed by atoms with E-state index in [1.165, 1.54) is 0 Å². The zero-order valence-electron chi connectivity index (χ0n) is 9.24. The molecule has 0 aliphatic carbocycles. The van der Waals surface area contributed by atoms with Crippen molar-refractivity contribution in [3.8, 4) is 0 Å². The number of thioether (sulfide) groups is 1. The Morgan fingerprint density at radius 1 is 1.59 bits per heavy atom. The van der Waals surface area contributed by atoms with Crippen molar-refractivity contribution in [1.29, 1.82) is 0 Å². The van der Waals surface area contributed by atoms with Crippen LogP contribution in [0.3, 0.4) is 0 Å². The van der Waals surface area contributed by atoms with E-state index in [4.69, 9.17) is 23.2 Å². The van der Waals surface area contributed by atoms with Crippen LogP contribution in [0.1, 0.15) is 5.56 Å². The Morgan fingerprint density at radius 3 is 2.94 bits per heavy atom. The molecule has 92 valence electrons. The molecule has 7 heteroatoms. The number of hydrogen-bond acceptors (Lipinski definition) is 4. The summed E-state index contributed by atoms with van der Waals surface area (Å²) in [6.45, 7) is 1.83. The standard InChI is InChI=1S/C10H13ClN4OS/c1-6-7(11)3-2-4-8(6)14-9(16)5-17-10(12)15-13/h2-4H,5,13H2,1H3,(H2,12,15)(H,14,16). The SMILES string of the molecule is Cc1c(Cl)cccc1NC(=O)CSC(N)=NN. The second kappa shape index (κ2) is 6.36. The average molecular weight is 273 g/mol. The van der Waals surface area contributed by atoms with Crippen LogP contribution in [0.15, 0.2) is 23.3 Å². The normalized spacial score (nSPS) is 11.3. The lowest BCUT2D eigenvalue weighted by Gasteiger charge is -2.08. The summed E-state index contributed by atoms with van der Waals surface area (Å²) in [5.74, 6) is 4.91. The van der Waals surface area contributed by atoms with Crippen LogP contribution in [-0.2, 0) is 4.79 Å². The lowest BCUT2D eigenvalue weighted by Crippen LogP contribution is -2.19. The van der Waals surface area contributed by atoms with Crippen LogP contribution in [0.4, 0.5) is 5.69 Å². The highest BCUT2D eigenvalue weighted by atomic mass is 35.5. The van der Waals surface area contributed by atoms with Crippen LogP contribution >= 0.6 is 23.4 Å². The third-order valence-electron chi connectivity index (χ3n) is 2.02. The molecule has 0 aliphatic rings. The Kier molecular flexibility index (Phi) is 5.11. The largest absolute Gasteiger partial charge is 0.377 e. The predicted octanol–water partition coefficient (Wildman–Crippen LogP) is 1.51. The highest BCUT2D eigenvalue weighted by Crippen LogP contribution is 2.22. The van der Waals surface area contributed by atoms with Gasteiger partial charge in [0.15, 0.2) is 5.17 Å². The molecule has 1 amide bonds. The number of nitrogens with one attached hydrogen (secondary N) is 1. The molecule has 0 heterocycles. The summed E-state index contributed by atoms with van der Waals surface area (Å²) in [5, 5.41) is 6.77. The first kappa shape index (κ1) is 13.7. The molecule has 1 rings (SSSR count). The summed E-state index contributed by atoms with van der Waals surface area (Å²) in [5.41, 5.74) is 6.87.